The molecule has 1 aliphatic carbocycles. The average molecular weight is 572 g/mol. The number of ether oxygens (including phenoxy) is 1. The summed E-state index contributed by atoms with van der Waals surface area (Å²) in [7, 11) is 1.63. The van der Waals surface area contributed by atoms with Gasteiger partial charge in [-0.1, -0.05) is 25.0 Å². The second-order valence-corrected chi connectivity index (χ2v) is 11.5. The first-order valence-corrected chi connectivity index (χ1v) is 14.2. The Labute approximate surface area is 225 Å². The van der Waals surface area contributed by atoms with Crippen LogP contribution in [0.15, 0.2) is 52.0 Å². The van der Waals surface area contributed by atoms with Gasteiger partial charge in [0.05, 0.1) is 16.5 Å². The van der Waals surface area contributed by atoms with Crippen LogP contribution in [0.1, 0.15) is 31.2 Å². The number of rotatable bonds is 5. The van der Waals surface area contributed by atoms with Gasteiger partial charge in [-0.25, -0.2) is 4.98 Å². The number of halogens is 1. The molecule has 5 rings (SSSR count). The van der Waals surface area contributed by atoms with Crippen molar-refractivity contribution in [1.29, 1.82) is 0 Å². The van der Waals surface area contributed by atoms with Crippen molar-refractivity contribution in [3.8, 4) is 5.75 Å². The van der Waals surface area contributed by atoms with Gasteiger partial charge in [0, 0.05) is 43.7 Å². The number of hydrogen-bond donors (Lipinski definition) is 0. The van der Waals surface area contributed by atoms with E-state index in [4.69, 9.17) is 4.74 Å². The zero-order valence-electron chi connectivity index (χ0n) is 20.4. The van der Waals surface area contributed by atoms with E-state index in [1.807, 2.05) is 52.3 Å². The lowest BCUT2D eigenvalue weighted by Crippen LogP contribution is -2.57. The van der Waals surface area contributed by atoms with E-state index in [0.29, 0.717) is 23.2 Å². The van der Waals surface area contributed by atoms with Gasteiger partial charge in [-0.15, -0.1) is 11.8 Å². The van der Waals surface area contributed by atoms with E-state index >= 15 is 0 Å². The third-order valence-electron chi connectivity index (χ3n) is 7.20. The van der Waals surface area contributed by atoms with Gasteiger partial charge in [-0.2, -0.15) is 0 Å². The van der Waals surface area contributed by atoms with Gasteiger partial charge in [-0.05, 0) is 64.7 Å². The Kier molecular flexibility index (Phi) is 7.86. The van der Waals surface area contributed by atoms with E-state index in [2.05, 4.69) is 25.8 Å². The number of nitrogens with zero attached hydrogens (tertiary/aromatic N) is 4. The van der Waals surface area contributed by atoms with Gasteiger partial charge in [0.15, 0.2) is 0 Å². The standard InChI is InChI=1S/C27H31BrN4O3S/c1-35-22-10-9-19(16-20(22)28)17-24-27(34)32(21-6-2-3-7-23(21)36-24)18-26(33)31-14-12-30(13-15-31)25-8-4-5-11-29-25/h4-5,8-11,16-17,21,23H,2-3,6-7,12-15,18H2,1H3/b24-17+. The van der Waals surface area contributed by atoms with Crippen LogP contribution in [0.25, 0.3) is 6.08 Å². The predicted octanol–water partition coefficient (Wildman–Crippen LogP) is 4.43. The number of thioether (sulfide) groups is 1. The molecule has 1 saturated carbocycles. The lowest BCUT2D eigenvalue weighted by molar-refractivity contribution is -0.141. The minimum Gasteiger partial charge on any atom is -0.496 e. The number of aromatic nitrogens is 1. The normalized spacial score (nSPS) is 23.6. The Hall–Kier alpha value is -2.52. The van der Waals surface area contributed by atoms with Crippen LogP contribution < -0.4 is 9.64 Å². The maximum Gasteiger partial charge on any atom is 0.261 e. The summed E-state index contributed by atoms with van der Waals surface area (Å²) in [4.78, 5) is 38.1. The van der Waals surface area contributed by atoms with Crippen molar-refractivity contribution in [3.63, 3.8) is 0 Å². The largest absolute Gasteiger partial charge is 0.496 e. The van der Waals surface area contributed by atoms with Crippen molar-refractivity contribution in [1.82, 2.24) is 14.8 Å². The molecule has 0 radical (unpaired) electrons. The number of pyridine rings is 1. The zero-order valence-corrected chi connectivity index (χ0v) is 22.8. The molecule has 1 aromatic heterocycles. The second kappa shape index (κ2) is 11.3. The Morgan fingerprint density at radius 1 is 1.17 bits per heavy atom. The summed E-state index contributed by atoms with van der Waals surface area (Å²) in [5.41, 5.74) is 0.935. The molecule has 36 heavy (non-hydrogen) atoms. The fraction of sp³-hybridized carbons (Fsp3) is 0.444. The van der Waals surface area contributed by atoms with E-state index in [1.165, 1.54) is 6.42 Å². The minimum absolute atomic E-state index is 0.0319. The Morgan fingerprint density at radius 3 is 2.69 bits per heavy atom. The van der Waals surface area contributed by atoms with E-state index in [-0.39, 0.29) is 24.4 Å². The molecule has 2 unspecified atom stereocenters. The smallest absolute Gasteiger partial charge is 0.261 e. The molecule has 0 N–H and O–H groups in total. The average Bonchev–Trinajstić information content (AvgIpc) is 2.91. The number of benzene rings is 1. The SMILES string of the molecule is COc1ccc(/C=C2/SC3CCCCC3N(CC(=O)N3CCN(c4ccccn4)CC3)C2=O)cc1Br. The van der Waals surface area contributed by atoms with Crippen molar-refractivity contribution in [2.75, 3.05) is 44.7 Å². The van der Waals surface area contributed by atoms with Gasteiger partial charge >= 0.3 is 0 Å². The molecule has 9 heteroatoms. The highest BCUT2D eigenvalue weighted by Crippen LogP contribution is 2.42. The third-order valence-corrected chi connectivity index (χ3v) is 9.22. The van der Waals surface area contributed by atoms with Gasteiger partial charge in [0.1, 0.15) is 18.1 Å². The second-order valence-electron chi connectivity index (χ2n) is 9.40. The van der Waals surface area contributed by atoms with Crippen LogP contribution in [0.4, 0.5) is 5.82 Å². The molecule has 2 amide bonds. The number of anilines is 1. The predicted molar refractivity (Wildman–Crippen MR) is 147 cm³/mol. The van der Waals surface area contributed by atoms with Crippen molar-refractivity contribution < 1.29 is 14.3 Å². The first-order valence-electron chi connectivity index (χ1n) is 12.5. The van der Waals surface area contributed by atoms with E-state index in [9.17, 15) is 9.59 Å². The minimum atomic E-state index is -0.0319. The highest BCUT2D eigenvalue weighted by Gasteiger charge is 2.41. The Morgan fingerprint density at radius 2 is 1.97 bits per heavy atom. The summed E-state index contributed by atoms with van der Waals surface area (Å²) in [5, 5.41) is 0.332. The molecular formula is C27H31BrN4O3S. The highest BCUT2D eigenvalue weighted by molar-refractivity contribution is 9.10. The highest BCUT2D eigenvalue weighted by atomic mass is 79.9. The molecular weight excluding hydrogens is 540 g/mol. The first-order chi connectivity index (χ1) is 17.5. The van der Waals surface area contributed by atoms with E-state index in [1.54, 1.807) is 25.1 Å². The molecule has 3 fully saturated rings. The molecule has 2 aliphatic heterocycles. The maximum atomic E-state index is 13.7. The van der Waals surface area contributed by atoms with Crippen LogP contribution in [-0.4, -0.2) is 77.7 Å². The molecule has 2 aromatic rings. The maximum absolute atomic E-state index is 13.7. The van der Waals surface area contributed by atoms with E-state index in [0.717, 1.165) is 54.0 Å². The number of hydrogen-bond acceptors (Lipinski definition) is 6. The molecule has 1 aromatic carbocycles. The number of amides is 2. The molecule has 3 heterocycles. The first kappa shape index (κ1) is 25.1. The van der Waals surface area contributed by atoms with Gasteiger partial charge < -0.3 is 19.4 Å². The molecule has 0 bridgehead atoms. The quantitative estimate of drug-likeness (QED) is 0.495. The lowest BCUT2D eigenvalue weighted by Gasteiger charge is -2.45. The Balaban J connectivity index is 1.29. The topological polar surface area (TPSA) is 66.0 Å². The summed E-state index contributed by atoms with van der Waals surface area (Å²) in [6.07, 6.45) is 8.05. The van der Waals surface area contributed by atoms with Crippen molar-refractivity contribution in [3.05, 3.63) is 57.5 Å². The number of carbonyl (C=O) groups excluding carboxylic acids is 2. The number of fused-ring (bicyclic) bond motifs is 1. The molecule has 190 valence electrons. The summed E-state index contributed by atoms with van der Waals surface area (Å²) in [6.45, 7) is 2.92. The van der Waals surface area contributed by atoms with Crippen molar-refractivity contribution in [2.45, 2.75) is 37.0 Å². The lowest BCUT2D eigenvalue weighted by atomic mass is 9.93. The van der Waals surface area contributed by atoms with Crippen molar-refractivity contribution in [2.24, 2.45) is 0 Å². The zero-order chi connectivity index (χ0) is 25.1. The molecule has 7 nitrogen and oxygen atoms in total. The fourth-order valence-corrected chi connectivity index (χ4v) is 7.29. The van der Waals surface area contributed by atoms with Crippen LogP contribution in [-0.2, 0) is 9.59 Å². The molecule has 3 aliphatic rings. The molecule has 2 saturated heterocycles. The van der Waals surface area contributed by atoms with E-state index < -0.39 is 0 Å². The summed E-state index contributed by atoms with van der Waals surface area (Å²) >= 11 is 5.22. The Bertz CT molecular complexity index is 1140. The summed E-state index contributed by atoms with van der Waals surface area (Å²) < 4.78 is 6.18. The van der Waals surface area contributed by atoms with Crippen LogP contribution in [0, 0.1) is 0 Å². The number of piperazine rings is 1. The number of methoxy groups -OCH3 is 1. The monoisotopic (exact) mass is 570 g/mol. The summed E-state index contributed by atoms with van der Waals surface area (Å²) in [5.74, 6) is 1.70. The van der Waals surface area contributed by atoms with Crippen LogP contribution in [0.5, 0.6) is 5.75 Å². The van der Waals surface area contributed by atoms with Crippen LogP contribution in [0.2, 0.25) is 0 Å². The van der Waals surface area contributed by atoms with Gasteiger partial charge in [-0.3, -0.25) is 9.59 Å². The fourth-order valence-electron chi connectivity index (χ4n) is 5.26. The van der Waals surface area contributed by atoms with Crippen LogP contribution in [0.3, 0.4) is 0 Å². The molecule has 2 atom stereocenters. The van der Waals surface area contributed by atoms with Crippen molar-refractivity contribution >= 4 is 51.4 Å². The van der Waals surface area contributed by atoms with Gasteiger partial charge in [0.25, 0.3) is 5.91 Å². The molecule has 0 spiro atoms. The van der Waals surface area contributed by atoms with Crippen LogP contribution >= 0.6 is 27.7 Å². The summed E-state index contributed by atoms with van der Waals surface area (Å²) in [6, 6.07) is 11.8. The third kappa shape index (κ3) is 5.42. The van der Waals surface area contributed by atoms with Gasteiger partial charge in [0.2, 0.25) is 5.91 Å². The number of carbonyl (C=O) groups is 2.